The first-order valence-electron chi connectivity index (χ1n) is 10.3. The Morgan fingerprint density at radius 3 is 3.07 bits per heavy atom. The smallest absolute Gasteiger partial charge is 0.269 e. The molecule has 150 valence electrons. The van der Waals surface area contributed by atoms with Crippen LogP contribution in [0.3, 0.4) is 0 Å². The maximum absolute atomic E-state index is 12.1. The third-order valence-corrected chi connectivity index (χ3v) is 5.23. The Bertz CT molecular complexity index is 565. The number of rotatable bonds is 11. The molecule has 0 aromatic rings. The van der Waals surface area contributed by atoms with Crippen LogP contribution in [0.2, 0.25) is 0 Å². The summed E-state index contributed by atoms with van der Waals surface area (Å²) in [6.45, 7) is 3.72. The van der Waals surface area contributed by atoms with Crippen LogP contribution in [0.25, 0.3) is 0 Å². The van der Waals surface area contributed by atoms with Crippen LogP contribution in [0.1, 0.15) is 51.4 Å². The van der Waals surface area contributed by atoms with Crippen molar-refractivity contribution in [1.29, 1.82) is 0 Å². The van der Waals surface area contributed by atoms with Gasteiger partial charge in [-0.3, -0.25) is 4.79 Å². The molecule has 1 N–H and O–H groups in total. The van der Waals surface area contributed by atoms with Gasteiger partial charge >= 0.3 is 0 Å². The molecule has 3 aliphatic rings. The van der Waals surface area contributed by atoms with E-state index in [1.54, 1.807) is 0 Å². The van der Waals surface area contributed by atoms with Gasteiger partial charge < -0.3 is 19.6 Å². The van der Waals surface area contributed by atoms with E-state index in [1.165, 1.54) is 5.57 Å². The number of oxime groups is 1. The zero-order valence-electron chi connectivity index (χ0n) is 16.2. The minimum atomic E-state index is -0.0936. The maximum atomic E-state index is 12.1. The molecule has 2 aliphatic heterocycles. The summed E-state index contributed by atoms with van der Waals surface area (Å²) in [6, 6.07) is 0. The second-order valence-electron chi connectivity index (χ2n) is 7.57. The predicted molar refractivity (Wildman–Crippen MR) is 105 cm³/mol. The minimum absolute atomic E-state index is 0.0408. The highest BCUT2D eigenvalue weighted by Gasteiger charge is 2.26. The van der Waals surface area contributed by atoms with Gasteiger partial charge in [0.2, 0.25) is 0 Å². The van der Waals surface area contributed by atoms with E-state index in [1.807, 2.05) is 0 Å². The highest BCUT2D eigenvalue weighted by atomic mass is 16.6. The normalized spacial score (nSPS) is 24.4. The lowest BCUT2D eigenvalue weighted by molar-refractivity contribution is -0.115. The minimum Gasteiger partial charge on any atom is -0.392 e. The Hall–Kier alpha value is -1.66. The van der Waals surface area contributed by atoms with E-state index >= 15 is 0 Å². The molecule has 3 rings (SSSR count). The second kappa shape index (κ2) is 11.2. The summed E-state index contributed by atoms with van der Waals surface area (Å²) in [6.07, 6.45) is 14.8. The van der Waals surface area contributed by atoms with Crippen molar-refractivity contribution in [2.24, 2.45) is 11.1 Å². The Balaban J connectivity index is 1.18. The van der Waals surface area contributed by atoms with Crippen LogP contribution in [0, 0.1) is 5.92 Å². The quantitative estimate of drug-likeness (QED) is 0.563. The van der Waals surface area contributed by atoms with E-state index in [4.69, 9.17) is 14.3 Å². The highest BCUT2D eigenvalue weighted by molar-refractivity contribution is 6.39. The van der Waals surface area contributed by atoms with E-state index in [0.29, 0.717) is 24.6 Å². The summed E-state index contributed by atoms with van der Waals surface area (Å²) in [5.41, 5.74) is 1.82. The monoisotopic (exact) mass is 376 g/mol. The number of allylic oxidation sites excluding steroid dienone is 2. The Labute approximate surface area is 162 Å². The molecule has 0 radical (unpaired) electrons. The molecule has 0 bridgehead atoms. The van der Waals surface area contributed by atoms with Crippen molar-refractivity contribution in [2.75, 3.05) is 33.0 Å². The molecule has 2 atom stereocenters. The largest absolute Gasteiger partial charge is 0.392 e. The molecule has 0 aromatic carbocycles. The predicted octanol–water partition coefficient (Wildman–Crippen LogP) is 3.14. The fourth-order valence-electron chi connectivity index (χ4n) is 3.52. The maximum Gasteiger partial charge on any atom is 0.269 e. The van der Waals surface area contributed by atoms with Crippen molar-refractivity contribution in [3.8, 4) is 0 Å². The average molecular weight is 376 g/mol. The van der Waals surface area contributed by atoms with Crippen LogP contribution in [-0.4, -0.2) is 50.7 Å². The van der Waals surface area contributed by atoms with Crippen molar-refractivity contribution in [3.63, 3.8) is 0 Å². The highest BCUT2D eigenvalue weighted by Crippen LogP contribution is 2.18. The zero-order chi connectivity index (χ0) is 18.7. The fraction of sp³-hybridized carbons (Fsp3) is 0.714. The van der Waals surface area contributed by atoms with Gasteiger partial charge in [-0.15, -0.1) is 0 Å². The topological polar surface area (TPSA) is 69.2 Å². The average Bonchev–Trinajstić information content (AvgIpc) is 3.38. The zero-order valence-corrected chi connectivity index (χ0v) is 16.2. The van der Waals surface area contributed by atoms with Crippen molar-refractivity contribution in [2.45, 2.75) is 57.5 Å². The number of nitrogens with one attached hydrogen (secondary N) is 1. The van der Waals surface area contributed by atoms with Crippen LogP contribution in [0.5, 0.6) is 0 Å². The van der Waals surface area contributed by atoms with Gasteiger partial charge in [-0.05, 0) is 44.1 Å². The van der Waals surface area contributed by atoms with Gasteiger partial charge in [0, 0.05) is 32.1 Å². The van der Waals surface area contributed by atoms with Crippen LogP contribution in [0.4, 0.5) is 0 Å². The molecule has 2 heterocycles. The van der Waals surface area contributed by atoms with Gasteiger partial charge in [0.15, 0.2) is 0 Å². The van der Waals surface area contributed by atoms with Crippen LogP contribution in [-0.2, 0) is 19.1 Å². The lowest BCUT2D eigenvalue weighted by Crippen LogP contribution is -2.34. The molecule has 6 heteroatoms. The Morgan fingerprint density at radius 2 is 2.26 bits per heavy atom. The molecule has 1 aliphatic carbocycles. The summed E-state index contributed by atoms with van der Waals surface area (Å²) in [4.78, 5) is 17.6. The van der Waals surface area contributed by atoms with Gasteiger partial charge in [0.05, 0.1) is 13.2 Å². The van der Waals surface area contributed by atoms with Crippen LogP contribution < -0.4 is 5.32 Å². The third kappa shape index (κ3) is 7.11. The fourth-order valence-corrected chi connectivity index (χ4v) is 3.52. The third-order valence-electron chi connectivity index (χ3n) is 5.23. The van der Waals surface area contributed by atoms with Gasteiger partial charge in [-0.1, -0.05) is 29.8 Å². The van der Waals surface area contributed by atoms with Crippen LogP contribution >= 0.6 is 0 Å². The molecule has 1 saturated heterocycles. The molecule has 0 saturated carbocycles. The van der Waals surface area contributed by atoms with E-state index in [2.05, 4.69) is 28.7 Å². The molecular weight excluding hydrogens is 344 g/mol. The standard InChI is InChI=1S/C21H32N2O4/c24-21(22-14-18-10-12-26-16-18)20-13-19(27-23-20)9-5-2-6-11-25-15-17-7-3-1-4-8-17/h3,7-8,18-19H,1-2,4-6,9-16H2,(H,22,24). The van der Waals surface area contributed by atoms with Gasteiger partial charge in [0.1, 0.15) is 11.8 Å². The Morgan fingerprint density at radius 1 is 1.30 bits per heavy atom. The number of carbonyl (C=O) groups is 1. The first-order chi connectivity index (χ1) is 13.3. The first-order valence-corrected chi connectivity index (χ1v) is 10.3. The molecular formula is C21H32N2O4. The van der Waals surface area contributed by atoms with Crippen LogP contribution in [0.15, 0.2) is 29.0 Å². The number of unbranched alkanes of at least 4 members (excludes halogenated alkanes) is 2. The number of ether oxygens (including phenoxy) is 2. The van der Waals surface area contributed by atoms with Gasteiger partial charge in [-0.25, -0.2) is 0 Å². The van der Waals surface area contributed by atoms with E-state index < -0.39 is 0 Å². The summed E-state index contributed by atoms with van der Waals surface area (Å²) in [5, 5.41) is 6.93. The molecule has 1 fully saturated rings. The number of carbonyl (C=O) groups excluding carboxylic acids is 1. The number of nitrogens with zero attached hydrogens (tertiary/aromatic N) is 1. The first kappa shape index (κ1) is 20.1. The Kier molecular flexibility index (Phi) is 8.36. The second-order valence-corrected chi connectivity index (χ2v) is 7.57. The molecule has 0 spiro atoms. The summed E-state index contributed by atoms with van der Waals surface area (Å²) in [7, 11) is 0. The lowest BCUT2D eigenvalue weighted by Gasteiger charge is -2.10. The van der Waals surface area contributed by atoms with E-state index in [0.717, 1.165) is 71.4 Å². The molecule has 1 amide bonds. The number of amides is 1. The van der Waals surface area contributed by atoms with E-state index in [-0.39, 0.29) is 12.0 Å². The molecule has 0 aromatic heterocycles. The van der Waals surface area contributed by atoms with E-state index in [9.17, 15) is 4.79 Å². The molecule has 27 heavy (non-hydrogen) atoms. The summed E-state index contributed by atoms with van der Waals surface area (Å²) in [5.74, 6) is 0.337. The van der Waals surface area contributed by atoms with Crippen molar-refractivity contribution in [1.82, 2.24) is 5.32 Å². The van der Waals surface area contributed by atoms with Gasteiger partial charge in [-0.2, -0.15) is 0 Å². The van der Waals surface area contributed by atoms with Crippen molar-refractivity contribution in [3.05, 3.63) is 23.8 Å². The van der Waals surface area contributed by atoms with Gasteiger partial charge in [0.25, 0.3) is 5.91 Å². The van der Waals surface area contributed by atoms with Crippen molar-refractivity contribution >= 4 is 11.6 Å². The molecule has 6 nitrogen and oxygen atoms in total. The summed E-state index contributed by atoms with van der Waals surface area (Å²) >= 11 is 0. The lowest BCUT2D eigenvalue weighted by atomic mass is 10.1. The summed E-state index contributed by atoms with van der Waals surface area (Å²) < 4.78 is 11.0. The number of hydrogen-bond donors (Lipinski definition) is 1. The SMILES string of the molecule is O=C(NCC1CCOC1)C1=NOC(CCCCCOCC2=CCCC=C2)C1. The van der Waals surface area contributed by atoms with Crippen molar-refractivity contribution < 1.29 is 19.1 Å². The number of hydrogen-bond acceptors (Lipinski definition) is 5. The molecule has 2 unspecified atom stereocenters.